The van der Waals surface area contributed by atoms with Crippen molar-refractivity contribution in [2.75, 3.05) is 0 Å². The SMILES string of the molecule is CC(C)(C)CCC(=O)NCc1ccc(C(=O)O)o1. The average molecular weight is 253 g/mol. The number of amides is 1. The van der Waals surface area contributed by atoms with E-state index in [1.54, 1.807) is 6.07 Å². The van der Waals surface area contributed by atoms with Gasteiger partial charge in [0.1, 0.15) is 5.76 Å². The minimum absolute atomic E-state index is 0.0572. The molecule has 1 rings (SSSR count). The molecule has 5 heteroatoms. The maximum atomic E-state index is 11.5. The number of carbonyl (C=O) groups excluding carboxylic acids is 1. The fourth-order valence-electron chi connectivity index (χ4n) is 1.35. The quantitative estimate of drug-likeness (QED) is 0.844. The smallest absolute Gasteiger partial charge is 0.371 e. The zero-order valence-electron chi connectivity index (χ0n) is 10.9. The lowest BCUT2D eigenvalue weighted by Crippen LogP contribution is -2.23. The summed E-state index contributed by atoms with van der Waals surface area (Å²) < 4.78 is 5.03. The average Bonchev–Trinajstić information content (AvgIpc) is 2.71. The van der Waals surface area contributed by atoms with E-state index in [-0.39, 0.29) is 23.6 Å². The lowest BCUT2D eigenvalue weighted by atomic mass is 9.90. The Balaban J connectivity index is 2.36. The molecule has 0 atom stereocenters. The first kappa shape index (κ1) is 14.3. The van der Waals surface area contributed by atoms with Gasteiger partial charge in [0.2, 0.25) is 11.7 Å². The third kappa shape index (κ3) is 5.03. The molecule has 0 aromatic carbocycles. The zero-order valence-corrected chi connectivity index (χ0v) is 10.9. The number of rotatable bonds is 5. The minimum Gasteiger partial charge on any atom is -0.475 e. The van der Waals surface area contributed by atoms with E-state index >= 15 is 0 Å². The first-order valence-corrected chi connectivity index (χ1v) is 5.87. The van der Waals surface area contributed by atoms with Crippen LogP contribution in [0.5, 0.6) is 0 Å². The Morgan fingerprint density at radius 1 is 1.33 bits per heavy atom. The number of carboxylic acids is 1. The molecule has 0 fully saturated rings. The van der Waals surface area contributed by atoms with E-state index in [0.29, 0.717) is 12.2 Å². The van der Waals surface area contributed by atoms with Gasteiger partial charge in [-0.15, -0.1) is 0 Å². The molecular formula is C13H19NO4. The van der Waals surface area contributed by atoms with Crippen LogP contribution in [-0.2, 0) is 11.3 Å². The predicted octanol–water partition coefficient (Wildman–Crippen LogP) is 2.42. The number of furan rings is 1. The van der Waals surface area contributed by atoms with Crippen molar-refractivity contribution >= 4 is 11.9 Å². The standard InChI is InChI=1S/C13H19NO4/c1-13(2,3)7-6-11(15)14-8-9-4-5-10(18-9)12(16)17/h4-5H,6-8H2,1-3H3,(H,14,15)(H,16,17). The van der Waals surface area contributed by atoms with Crippen molar-refractivity contribution in [1.82, 2.24) is 5.32 Å². The van der Waals surface area contributed by atoms with Gasteiger partial charge in [0, 0.05) is 6.42 Å². The first-order chi connectivity index (χ1) is 8.28. The van der Waals surface area contributed by atoms with Crippen LogP contribution >= 0.6 is 0 Å². The highest BCUT2D eigenvalue weighted by molar-refractivity contribution is 5.84. The van der Waals surface area contributed by atoms with E-state index in [2.05, 4.69) is 26.1 Å². The largest absolute Gasteiger partial charge is 0.475 e. The molecule has 0 unspecified atom stereocenters. The molecule has 0 saturated carbocycles. The summed E-state index contributed by atoms with van der Waals surface area (Å²) in [6.07, 6.45) is 1.26. The summed E-state index contributed by atoms with van der Waals surface area (Å²) in [5.41, 5.74) is 0.124. The fraction of sp³-hybridized carbons (Fsp3) is 0.538. The summed E-state index contributed by atoms with van der Waals surface area (Å²) in [6.45, 7) is 6.44. The molecule has 0 spiro atoms. The number of nitrogens with one attached hydrogen (secondary N) is 1. The highest BCUT2D eigenvalue weighted by Gasteiger charge is 2.13. The van der Waals surface area contributed by atoms with E-state index < -0.39 is 5.97 Å². The second-order valence-electron chi connectivity index (χ2n) is 5.41. The highest BCUT2D eigenvalue weighted by Crippen LogP contribution is 2.20. The number of hydrogen-bond acceptors (Lipinski definition) is 3. The van der Waals surface area contributed by atoms with Crippen LogP contribution in [0.25, 0.3) is 0 Å². The van der Waals surface area contributed by atoms with Crippen LogP contribution in [0, 0.1) is 5.41 Å². The van der Waals surface area contributed by atoms with E-state index in [1.165, 1.54) is 6.07 Å². The summed E-state index contributed by atoms with van der Waals surface area (Å²) in [5, 5.41) is 11.4. The summed E-state index contributed by atoms with van der Waals surface area (Å²) >= 11 is 0. The third-order valence-electron chi connectivity index (χ3n) is 2.43. The van der Waals surface area contributed by atoms with E-state index in [9.17, 15) is 9.59 Å². The molecule has 1 heterocycles. The van der Waals surface area contributed by atoms with Crippen molar-refractivity contribution in [3.8, 4) is 0 Å². The van der Waals surface area contributed by atoms with Crippen LogP contribution in [-0.4, -0.2) is 17.0 Å². The van der Waals surface area contributed by atoms with Crippen LogP contribution in [0.4, 0.5) is 0 Å². The van der Waals surface area contributed by atoms with E-state index in [0.717, 1.165) is 6.42 Å². The van der Waals surface area contributed by atoms with Crippen LogP contribution < -0.4 is 5.32 Å². The Bertz CT molecular complexity index is 428. The van der Waals surface area contributed by atoms with Crippen LogP contribution in [0.3, 0.4) is 0 Å². The number of hydrogen-bond donors (Lipinski definition) is 2. The lowest BCUT2D eigenvalue weighted by Gasteiger charge is -2.17. The van der Waals surface area contributed by atoms with Crippen LogP contribution in [0.2, 0.25) is 0 Å². The molecule has 2 N–H and O–H groups in total. The maximum Gasteiger partial charge on any atom is 0.371 e. The summed E-state index contributed by atoms with van der Waals surface area (Å²) in [7, 11) is 0. The molecule has 1 aromatic heterocycles. The van der Waals surface area contributed by atoms with Gasteiger partial charge in [-0.1, -0.05) is 20.8 Å². The molecule has 5 nitrogen and oxygen atoms in total. The normalized spacial score (nSPS) is 11.3. The van der Waals surface area contributed by atoms with Gasteiger partial charge in [0.15, 0.2) is 0 Å². The molecule has 18 heavy (non-hydrogen) atoms. The molecule has 1 amide bonds. The molecule has 0 bridgehead atoms. The molecule has 0 aliphatic heterocycles. The topological polar surface area (TPSA) is 79.5 Å². The molecule has 0 aliphatic carbocycles. The van der Waals surface area contributed by atoms with Gasteiger partial charge in [0.05, 0.1) is 6.54 Å². The number of carbonyl (C=O) groups is 2. The Kier molecular flexibility index (Phi) is 4.53. The Labute approximate surface area is 106 Å². The maximum absolute atomic E-state index is 11.5. The fourth-order valence-corrected chi connectivity index (χ4v) is 1.35. The molecule has 1 aromatic rings. The summed E-state index contributed by atoms with van der Waals surface area (Å²) in [4.78, 5) is 22.1. The lowest BCUT2D eigenvalue weighted by molar-refractivity contribution is -0.121. The Morgan fingerprint density at radius 2 is 2.00 bits per heavy atom. The minimum atomic E-state index is -1.11. The van der Waals surface area contributed by atoms with Crippen molar-refractivity contribution in [3.05, 3.63) is 23.7 Å². The number of carboxylic acid groups (broad SMARTS) is 1. The molecule has 100 valence electrons. The first-order valence-electron chi connectivity index (χ1n) is 5.87. The van der Waals surface area contributed by atoms with E-state index in [4.69, 9.17) is 9.52 Å². The molecule has 0 aliphatic rings. The second kappa shape index (κ2) is 5.71. The molecular weight excluding hydrogens is 234 g/mol. The van der Waals surface area contributed by atoms with Crippen molar-refractivity contribution < 1.29 is 19.1 Å². The van der Waals surface area contributed by atoms with Gasteiger partial charge < -0.3 is 14.8 Å². The highest BCUT2D eigenvalue weighted by atomic mass is 16.4. The van der Waals surface area contributed by atoms with Crippen molar-refractivity contribution in [2.24, 2.45) is 5.41 Å². The second-order valence-corrected chi connectivity index (χ2v) is 5.41. The number of aromatic carboxylic acids is 1. The van der Waals surface area contributed by atoms with Gasteiger partial charge in [-0.25, -0.2) is 4.79 Å². The predicted molar refractivity (Wildman–Crippen MR) is 66.2 cm³/mol. The van der Waals surface area contributed by atoms with E-state index in [1.807, 2.05) is 0 Å². The van der Waals surface area contributed by atoms with Gasteiger partial charge in [-0.2, -0.15) is 0 Å². The Hall–Kier alpha value is -1.78. The van der Waals surface area contributed by atoms with Gasteiger partial charge >= 0.3 is 5.97 Å². The van der Waals surface area contributed by atoms with Crippen molar-refractivity contribution in [2.45, 2.75) is 40.2 Å². The van der Waals surface area contributed by atoms with Crippen LogP contribution in [0.15, 0.2) is 16.5 Å². The Morgan fingerprint density at radius 3 is 2.50 bits per heavy atom. The molecule has 0 saturated heterocycles. The van der Waals surface area contributed by atoms with Gasteiger partial charge in [0.25, 0.3) is 0 Å². The van der Waals surface area contributed by atoms with Gasteiger partial charge in [-0.05, 0) is 24.0 Å². The van der Waals surface area contributed by atoms with Gasteiger partial charge in [-0.3, -0.25) is 4.79 Å². The molecule has 0 radical (unpaired) electrons. The van der Waals surface area contributed by atoms with Crippen molar-refractivity contribution in [3.63, 3.8) is 0 Å². The summed E-state index contributed by atoms with van der Waals surface area (Å²) in [5.74, 6) is -0.844. The van der Waals surface area contributed by atoms with Crippen molar-refractivity contribution in [1.29, 1.82) is 0 Å². The monoisotopic (exact) mass is 253 g/mol. The summed E-state index contributed by atoms with van der Waals surface area (Å²) in [6, 6.07) is 2.92. The zero-order chi connectivity index (χ0) is 13.8. The van der Waals surface area contributed by atoms with Crippen LogP contribution in [0.1, 0.15) is 49.9 Å². The third-order valence-corrected chi connectivity index (χ3v) is 2.43.